The molecule has 0 fully saturated rings. The van der Waals surface area contributed by atoms with Crippen LogP contribution in [0.15, 0.2) is 24.3 Å². The number of aliphatic hydroxyl groups excluding tert-OH is 1. The van der Waals surface area contributed by atoms with Gasteiger partial charge < -0.3 is 15.6 Å². The highest BCUT2D eigenvalue weighted by Crippen LogP contribution is 2.10. The summed E-state index contributed by atoms with van der Waals surface area (Å²) in [5.74, 6) is 0.0213. The van der Waals surface area contributed by atoms with E-state index in [4.69, 9.17) is 15.6 Å². The molecule has 0 atom stereocenters. The molecule has 0 saturated heterocycles. The van der Waals surface area contributed by atoms with Gasteiger partial charge in [0.25, 0.3) is 0 Å². The Balaban J connectivity index is 2.78. The summed E-state index contributed by atoms with van der Waals surface area (Å²) in [5.41, 5.74) is 5.43. The van der Waals surface area contributed by atoms with Crippen molar-refractivity contribution in [3.05, 3.63) is 29.8 Å². The van der Waals surface area contributed by atoms with Crippen molar-refractivity contribution < 1.29 is 14.6 Å². The van der Waals surface area contributed by atoms with E-state index in [-0.39, 0.29) is 6.79 Å². The first-order valence-electron chi connectivity index (χ1n) is 3.37. The maximum atomic E-state index is 10.6. The van der Waals surface area contributed by atoms with Crippen molar-refractivity contribution in [1.82, 2.24) is 0 Å². The molecule has 0 aliphatic rings. The fraction of sp³-hybridized carbons (Fsp3) is 0.125. The Bertz CT molecular complexity index is 268. The van der Waals surface area contributed by atoms with Gasteiger partial charge in [-0.1, -0.05) is 0 Å². The number of primary amides is 1. The monoisotopic (exact) mass is 167 g/mol. The van der Waals surface area contributed by atoms with Crippen LogP contribution >= 0.6 is 0 Å². The van der Waals surface area contributed by atoms with Crippen LogP contribution in [0.5, 0.6) is 5.75 Å². The molecular formula is C8H9NO3. The number of carbonyl (C=O) groups excluding carboxylic acids is 1. The van der Waals surface area contributed by atoms with Crippen LogP contribution in [0.1, 0.15) is 10.4 Å². The number of ether oxygens (including phenoxy) is 1. The van der Waals surface area contributed by atoms with Crippen molar-refractivity contribution in [2.45, 2.75) is 0 Å². The fourth-order valence-electron chi connectivity index (χ4n) is 0.790. The van der Waals surface area contributed by atoms with Gasteiger partial charge in [0, 0.05) is 5.56 Å². The SMILES string of the molecule is NC(=O)c1ccc(OCO)cc1. The quantitative estimate of drug-likeness (QED) is 0.628. The molecule has 0 spiro atoms. The molecule has 0 heterocycles. The summed E-state index contributed by atoms with van der Waals surface area (Å²) in [6.45, 7) is -0.379. The van der Waals surface area contributed by atoms with Gasteiger partial charge in [0.2, 0.25) is 5.91 Å². The van der Waals surface area contributed by atoms with Crippen molar-refractivity contribution in [3.63, 3.8) is 0 Å². The smallest absolute Gasteiger partial charge is 0.248 e. The first kappa shape index (κ1) is 8.55. The number of hydrogen-bond acceptors (Lipinski definition) is 3. The lowest BCUT2D eigenvalue weighted by molar-refractivity contribution is 0.0984. The number of carbonyl (C=O) groups is 1. The van der Waals surface area contributed by atoms with Crippen LogP contribution in [0.3, 0.4) is 0 Å². The summed E-state index contributed by atoms with van der Waals surface area (Å²) in [5, 5.41) is 8.38. The molecule has 0 radical (unpaired) electrons. The van der Waals surface area contributed by atoms with E-state index in [9.17, 15) is 4.79 Å². The molecular weight excluding hydrogens is 158 g/mol. The highest BCUT2D eigenvalue weighted by molar-refractivity contribution is 5.92. The molecule has 1 aromatic carbocycles. The van der Waals surface area contributed by atoms with Crippen LogP contribution in [0.4, 0.5) is 0 Å². The maximum Gasteiger partial charge on any atom is 0.248 e. The lowest BCUT2D eigenvalue weighted by Gasteiger charge is -2.01. The standard InChI is InChI=1S/C8H9NO3/c9-8(11)6-1-3-7(4-2-6)12-5-10/h1-4,10H,5H2,(H2,9,11). The van der Waals surface area contributed by atoms with Crippen molar-refractivity contribution in [2.24, 2.45) is 5.73 Å². The fourth-order valence-corrected chi connectivity index (χ4v) is 0.790. The highest BCUT2D eigenvalue weighted by atomic mass is 16.6. The molecule has 0 aliphatic heterocycles. The van der Waals surface area contributed by atoms with Crippen molar-refractivity contribution in [2.75, 3.05) is 6.79 Å². The minimum atomic E-state index is -0.481. The van der Waals surface area contributed by atoms with Crippen LogP contribution in [-0.4, -0.2) is 17.8 Å². The van der Waals surface area contributed by atoms with E-state index in [0.717, 1.165) is 0 Å². The molecule has 0 saturated carbocycles. The number of aliphatic hydroxyl groups is 1. The molecule has 4 heteroatoms. The van der Waals surface area contributed by atoms with E-state index < -0.39 is 5.91 Å². The number of amides is 1. The third-order valence-electron chi connectivity index (χ3n) is 1.37. The zero-order valence-electron chi connectivity index (χ0n) is 6.36. The van der Waals surface area contributed by atoms with Gasteiger partial charge in [0.15, 0.2) is 6.79 Å². The maximum absolute atomic E-state index is 10.6. The lowest BCUT2D eigenvalue weighted by atomic mass is 10.2. The Kier molecular flexibility index (Phi) is 2.66. The van der Waals surface area contributed by atoms with Crippen LogP contribution < -0.4 is 10.5 Å². The van der Waals surface area contributed by atoms with Gasteiger partial charge in [0.05, 0.1) is 0 Å². The van der Waals surface area contributed by atoms with E-state index in [2.05, 4.69) is 0 Å². The first-order valence-corrected chi connectivity index (χ1v) is 3.37. The van der Waals surface area contributed by atoms with Gasteiger partial charge >= 0.3 is 0 Å². The second-order valence-corrected chi connectivity index (χ2v) is 2.16. The third kappa shape index (κ3) is 1.96. The van der Waals surface area contributed by atoms with Gasteiger partial charge in [-0.3, -0.25) is 4.79 Å². The molecule has 64 valence electrons. The van der Waals surface area contributed by atoms with Gasteiger partial charge in [-0.2, -0.15) is 0 Å². The minimum absolute atomic E-state index is 0.379. The second-order valence-electron chi connectivity index (χ2n) is 2.16. The lowest BCUT2D eigenvalue weighted by Crippen LogP contribution is -2.10. The Morgan fingerprint density at radius 3 is 2.42 bits per heavy atom. The van der Waals surface area contributed by atoms with Crippen molar-refractivity contribution in [3.8, 4) is 5.75 Å². The summed E-state index contributed by atoms with van der Waals surface area (Å²) in [6, 6.07) is 6.20. The van der Waals surface area contributed by atoms with E-state index in [1.54, 1.807) is 12.1 Å². The number of hydrogen-bond donors (Lipinski definition) is 2. The van der Waals surface area contributed by atoms with Gasteiger partial charge in [-0.25, -0.2) is 0 Å². The largest absolute Gasteiger partial charge is 0.468 e. The van der Waals surface area contributed by atoms with Crippen LogP contribution in [0.2, 0.25) is 0 Å². The summed E-state index contributed by atoms with van der Waals surface area (Å²) in [6.07, 6.45) is 0. The summed E-state index contributed by atoms with van der Waals surface area (Å²) < 4.78 is 4.74. The normalized spacial score (nSPS) is 9.42. The highest BCUT2D eigenvalue weighted by Gasteiger charge is 1.98. The molecule has 4 nitrogen and oxygen atoms in total. The number of nitrogens with two attached hydrogens (primary N) is 1. The summed E-state index contributed by atoms with van der Waals surface area (Å²) in [7, 11) is 0. The van der Waals surface area contributed by atoms with Crippen molar-refractivity contribution in [1.29, 1.82) is 0 Å². The van der Waals surface area contributed by atoms with Gasteiger partial charge in [0.1, 0.15) is 5.75 Å². The van der Waals surface area contributed by atoms with Crippen molar-refractivity contribution >= 4 is 5.91 Å². The Morgan fingerprint density at radius 1 is 1.42 bits per heavy atom. The third-order valence-corrected chi connectivity index (χ3v) is 1.37. The zero-order chi connectivity index (χ0) is 8.97. The van der Waals surface area contributed by atoms with Crippen LogP contribution in [-0.2, 0) is 0 Å². The van der Waals surface area contributed by atoms with E-state index in [0.29, 0.717) is 11.3 Å². The van der Waals surface area contributed by atoms with E-state index in [1.807, 2.05) is 0 Å². The second kappa shape index (κ2) is 3.73. The van der Waals surface area contributed by atoms with Crippen LogP contribution in [0, 0.1) is 0 Å². The molecule has 1 aromatic rings. The predicted octanol–water partition coefficient (Wildman–Crippen LogP) is 0.114. The molecule has 0 bridgehead atoms. The topological polar surface area (TPSA) is 72.6 Å². The molecule has 1 rings (SSSR count). The van der Waals surface area contributed by atoms with Gasteiger partial charge in [-0.05, 0) is 24.3 Å². The Hall–Kier alpha value is -1.55. The van der Waals surface area contributed by atoms with E-state index in [1.165, 1.54) is 12.1 Å². The Morgan fingerprint density at radius 2 is 2.00 bits per heavy atom. The Labute approximate surface area is 69.6 Å². The molecule has 0 unspecified atom stereocenters. The average Bonchev–Trinajstić information content (AvgIpc) is 2.06. The molecule has 0 aliphatic carbocycles. The average molecular weight is 167 g/mol. The number of rotatable bonds is 3. The summed E-state index contributed by atoms with van der Waals surface area (Å²) in [4.78, 5) is 10.6. The van der Waals surface area contributed by atoms with Crippen LogP contribution in [0.25, 0.3) is 0 Å². The molecule has 0 aromatic heterocycles. The predicted molar refractivity (Wildman–Crippen MR) is 42.7 cm³/mol. The summed E-state index contributed by atoms with van der Waals surface area (Å²) >= 11 is 0. The molecule has 3 N–H and O–H groups in total. The van der Waals surface area contributed by atoms with E-state index >= 15 is 0 Å². The number of benzene rings is 1. The van der Waals surface area contributed by atoms with Gasteiger partial charge in [-0.15, -0.1) is 0 Å². The minimum Gasteiger partial charge on any atom is -0.468 e. The first-order chi connectivity index (χ1) is 5.74. The molecule has 1 amide bonds. The molecule has 12 heavy (non-hydrogen) atoms. The zero-order valence-corrected chi connectivity index (χ0v) is 6.36.